The minimum atomic E-state index is 0.264. The van der Waals surface area contributed by atoms with Crippen molar-refractivity contribution in [2.24, 2.45) is 5.92 Å². The lowest BCUT2D eigenvalue weighted by molar-refractivity contribution is 0.116. The van der Waals surface area contributed by atoms with Crippen LogP contribution in [-0.4, -0.2) is 39.5 Å². The molecule has 5 rings (SSSR count). The molecule has 2 aromatic carbocycles. The average Bonchev–Trinajstić information content (AvgIpc) is 3.38. The van der Waals surface area contributed by atoms with Gasteiger partial charge in [-0.2, -0.15) is 5.10 Å². The Hall–Kier alpha value is -2.89. The van der Waals surface area contributed by atoms with Crippen LogP contribution in [0.5, 0.6) is 0 Å². The minimum absolute atomic E-state index is 0.264. The molecule has 154 valence electrons. The van der Waals surface area contributed by atoms with Crippen molar-refractivity contribution in [1.29, 1.82) is 0 Å². The van der Waals surface area contributed by atoms with E-state index in [1.807, 2.05) is 28.9 Å². The summed E-state index contributed by atoms with van der Waals surface area (Å²) >= 11 is 0. The van der Waals surface area contributed by atoms with Gasteiger partial charge in [0.1, 0.15) is 11.3 Å². The van der Waals surface area contributed by atoms with E-state index in [-0.39, 0.29) is 6.61 Å². The highest BCUT2D eigenvalue weighted by atomic mass is 16.3. The summed E-state index contributed by atoms with van der Waals surface area (Å²) in [5, 5.41) is 15.6. The van der Waals surface area contributed by atoms with Gasteiger partial charge in [0.15, 0.2) is 5.76 Å². The van der Waals surface area contributed by atoms with Crippen molar-refractivity contribution in [3.63, 3.8) is 0 Å². The van der Waals surface area contributed by atoms with E-state index in [0.29, 0.717) is 5.92 Å². The number of para-hydroxylation sites is 1. The quantitative estimate of drug-likeness (QED) is 0.515. The summed E-state index contributed by atoms with van der Waals surface area (Å²) in [6.07, 6.45) is 4.39. The van der Waals surface area contributed by atoms with Crippen molar-refractivity contribution in [1.82, 2.24) is 14.7 Å². The van der Waals surface area contributed by atoms with Crippen molar-refractivity contribution < 1.29 is 9.52 Å². The second-order valence-corrected chi connectivity index (χ2v) is 8.26. The molecule has 1 fully saturated rings. The second kappa shape index (κ2) is 8.46. The maximum Gasteiger partial charge on any atom is 0.156 e. The van der Waals surface area contributed by atoms with Crippen LogP contribution in [0.3, 0.4) is 0 Å². The molecular formula is C25H27N3O2. The van der Waals surface area contributed by atoms with Gasteiger partial charge in [-0.3, -0.25) is 9.58 Å². The molecule has 2 aromatic heterocycles. The number of benzene rings is 2. The van der Waals surface area contributed by atoms with Gasteiger partial charge in [-0.25, -0.2) is 0 Å². The monoisotopic (exact) mass is 401 g/mol. The highest BCUT2D eigenvalue weighted by Gasteiger charge is 2.23. The number of aliphatic hydroxyl groups excluding tert-OH is 1. The first-order chi connectivity index (χ1) is 14.8. The van der Waals surface area contributed by atoms with Crippen LogP contribution in [0.1, 0.15) is 24.0 Å². The molecule has 1 aliphatic rings. The second-order valence-electron chi connectivity index (χ2n) is 8.26. The van der Waals surface area contributed by atoms with Crippen LogP contribution >= 0.6 is 0 Å². The fourth-order valence-electron chi connectivity index (χ4n) is 4.42. The molecule has 0 saturated carbocycles. The zero-order chi connectivity index (χ0) is 20.3. The van der Waals surface area contributed by atoms with Gasteiger partial charge in [-0.1, -0.05) is 48.5 Å². The normalized spacial score (nSPS) is 17.6. The molecule has 5 nitrogen and oxygen atoms in total. The van der Waals surface area contributed by atoms with Crippen LogP contribution in [0.2, 0.25) is 0 Å². The number of aromatic nitrogens is 2. The fraction of sp³-hybridized carbons (Fsp3) is 0.320. The Morgan fingerprint density at radius 1 is 1.03 bits per heavy atom. The summed E-state index contributed by atoms with van der Waals surface area (Å²) < 4.78 is 8.17. The third-order valence-electron chi connectivity index (χ3n) is 5.94. The Bertz CT molecular complexity index is 1080. The van der Waals surface area contributed by atoms with Crippen LogP contribution in [0, 0.1) is 5.92 Å². The molecule has 1 atom stereocenters. The number of likely N-dealkylation sites (tertiary alicyclic amines) is 1. The highest BCUT2D eigenvalue weighted by molar-refractivity contribution is 5.82. The van der Waals surface area contributed by atoms with E-state index in [9.17, 15) is 5.11 Å². The Morgan fingerprint density at radius 3 is 2.70 bits per heavy atom. The summed E-state index contributed by atoms with van der Waals surface area (Å²) in [5.41, 5.74) is 4.19. The van der Waals surface area contributed by atoms with Crippen molar-refractivity contribution in [2.45, 2.75) is 25.9 Å². The molecule has 0 radical (unpaired) electrons. The molecule has 0 aliphatic carbocycles. The number of rotatable bonds is 6. The topological polar surface area (TPSA) is 54.4 Å². The number of furan rings is 1. The van der Waals surface area contributed by atoms with E-state index in [1.54, 1.807) is 0 Å². The SMILES string of the molecule is OC[C@H]1CCCN(Cc2cn(Cc3ccccc3)nc2-c2cc3ccccc3o2)C1. The van der Waals surface area contributed by atoms with E-state index >= 15 is 0 Å². The number of hydrogen-bond acceptors (Lipinski definition) is 4. The fourth-order valence-corrected chi connectivity index (χ4v) is 4.42. The smallest absolute Gasteiger partial charge is 0.156 e. The maximum atomic E-state index is 9.60. The van der Waals surface area contributed by atoms with E-state index in [2.05, 4.69) is 47.5 Å². The van der Waals surface area contributed by atoms with Gasteiger partial charge in [-0.15, -0.1) is 0 Å². The van der Waals surface area contributed by atoms with Crippen LogP contribution in [0.25, 0.3) is 22.4 Å². The van der Waals surface area contributed by atoms with Gasteiger partial charge in [0.25, 0.3) is 0 Å². The van der Waals surface area contributed by atoms with Crippen molar-refractivity contribution >= 4 is 11.0 Å². The zero-order valence-electron chi connectivity index (χ0n) is 17.1. The van der Waals surface area contributed by atoms with Gasteiger partial charge < -0.3 is 9.52 Å². The predicted molar refractivity (Wildman–Crippen MR) is 118 cm³/mol. The molecule has 1 saturated heterocycles. The average molecular weight is 402 g/mol. The summed E-state index contributed by atoms with van der Waals surface area (Å²) in [5.74, 6) is 1.18. The lowest BCUT2D eigenvalue weighted by Gasteiger charge is -2.31. The Kier molecular flexibility index (Phi) is 5.39. The van der Waals surface area contributed by atoms with Crippen molar-refractivity contribution in [3.8, 4) is 11.5 Å². The van der Waals surface area contributed by atoms with Gasteiger partial charge >= 0.3 is 0 Å². The van der Waals surface area contributed by atoms with Gasteiger partial charge in [0.2, 0.25) is 0 Å². The summed E-state index contributed by atoms with van der Waals surface area (Å²) in [6, 6.07) is 20.6. The molecule has 1 N–H and O–H groups in total. The number of fused-ring (bicyclic) bond motifs is 1. The van der Waals surface area contributed by atoms with Gasteiger partial charge in [0.05, 0.1) is 6.54 Å². The Morgan fingerprint density at radius 2 is 1.87 bits per heavy atom. The van der Waals surface area contributed by atoms with Crippen LogP contribution < -0.4 is 0 Å². The Labute approximate surface area is 176 Å². The lowest BCUT2D eigenvalue weighted by Crippen LogP contribution is -2.36. The maximum absolute atomic E-state index is 9.60. The first kappa shape index (κ1) is 19.1. The first-order valence-electron chi connectivity index (χ1n) is 10.7. The Balaban J connectivity index is 1.48. The van der Waals surface area contributed by atoms with Gasteiger partial charge in [-0.05, 0) is 43.0 Å². The third-order valence-corrected chi connectivity index (χ3v) is 5.94. The molecule has 30 heavy (non-hydrogen) atoms. The summed E-state index contributed by atoms with van der Waals surface area (Å²) in [6.45, 7) is 3.80. The summed E-state index contributed by atoms with van der Waals surface area (Å²) in [4.78, 5) is 2.43. The molecule has 0 unspecified atom stereocenters. The van der Waals surface area contributed by atoms with Gasteiger partial charge in [0, 0.05) is 36.8 Å². The third kappa shape index (κ3) is 4.04. The molecule has 3 heterocycles. The largest absolute Gasteiger partial charge is 0.454 e. The molecule has 1 aliphatic heterocycles. The molecule has 5 heteroatoms. The summed E-state index contributed by atoms with van der Waals surface area (Å²) in [7, 11) is 0. The lowest BCUT2D eigenvalue weighted by atomic mass is 9.98. The van der Waals surface area contributed by atoms with E-state index < -0.39 is 0 Å². The number of aliphatic hydroxyl groups is 1. The number of nitrogens with zero attached hydrogens (tertiary/aromatic N) is 3. The van der Waals surface area contributed by atoms with Crippen LogP contribution in [0.15, 0.2) is 71.3 Å². The zero-order valence-corrected chi connectivity index (χ0v) is 17.1. The molecule has 0 spiro atoms. The highest BCUT2D eigenvalue weighted by Crippen LogP contribution is 2.30. The molecule has 0 bridgehead atoms. The van der Waals surface area contributed by atoms with Crippen LogP contribution in [0.4, 0.5) is 0 Å². The van der Waals surface area contributed by atoms with E-state index in [4.69, 9.17) is 9.52 Å². The molecular weight excluding hydrogens is 374 g/mol. The minimum Gasteiger partial charge on any atom is -0.454 e. The molecule has 0 amide bonds. The van der Waals surface area contributed by atoms with Crippen molar-refractivity contribution in [3.05, 3.63) is 78.0 Å². The standard InChI is InChI=1S/C25H27N3O2/c29-18-20-9-6-12-27(14-20)16-22-17-28(15-19-7-2-1-3-8-19)26-25(22)24-13-21-10-4-5-11-23(21)30-24/h1-5,7-8,10-11,13,17,20,29H,6,9,12,14-16,18H2/t20-/m0/s1. The molecule has 4 aromatic rings. The van der Waals surface area contributed by atoms with Crippen LogP contribution in [-0.2, 0) is 13.1 Å². The van der Waals surface area contributed by atoms with Crippen molar-refractivity contribution in [2.75, 3.05) is 19.7 Å². The predicted octanol–water partition coefficient (Wildman–Crippen LogP) is 4.55. The van der Waals surface area contributed by atoms with E-state index in [0.717, 1.165) is 61.4 Å². The number of piperidine rings is 1. The number of hydrogen-bond donors (Lipinski definition) is 1. The van der Waals surface area contributed by atoms with E-state index in [1.165, 1.54) is 11.1 Å². The first-order valence-corrected chi connectivity index (χ1v) is 10.7.